The van der Waals surface area contributed by atoms with Gasteiger partial charge in [-0.05, 0) is 31.2 Å². The van der Waals surface area contributed by atoms with Gasteiger partial charge in [-0.1, -0.05) is 6.92 Å². The van der Waals surface area contributed by atoms with Crippen molar-refractivity contribution in [3.8, 4) is 0 Å². The van der Waals surface area contributed by atoms with Gasteiger partial charge >= 0.3 is 0 Å². The number of nitrogens with two attached hydrogens (primary N) is 1. The molecule has 0 aromatic carbocycles. The van der Waals surface area contributed by atoms with Gasteiger partial charge in [0, 0.05) is 20.0 Å². The third-order valence-electron chi connectivity index (χ3n) is 2.57. The van der Waals surface area contributed by atoms with E-state index in [1.807, 2.05) is 11.9 Å². The van der Waals surface area contributed by atoms with E-state index >= 15 is 0 Å². The fourth-order valence-electron chi connectivity index (χ4n) is 1.37. The maximum Gasteiger partial charge on any atom is 0.222 e. The molecule has 0 bridgehead atoms. The summed E-state index contributed by atoms with van der Waals surface area (Å²) >= 11 is 0. The van der Waals surface area contributed by atoms with Gasteiger partial charge in [0.05, 0.1) is 0 Å². The Morgan fingerprint density at radius 1 is 1.62 bits per heavy atom. The van der Waals surface area contributed by atoms with Gasteiger partial charge < -0.3 is 10.6 Å². The summed E-state index contributed by atoms with van der Waals surface area (Å²) in [6.07, 6.45) is 3.23. The maximum absolute atomic E-state index is 11.5. The summed E-state index contributed by atoms with van der Waals surface area (Å²) in [5.74, 6) is 1.37. The molecular weight excluding hydrogens is 164 g/mol. The van der Waals surface area contributed by atoms with Crippen LogP contribution >= 0.6 is 0 Å². The molecule has 1 aliphatic carbocycles. The number of hydrogen-bond acceptors (Lipinski definition) is 2. The minimum atomic E-state index is 0.280. The minimum absolute atomic E-state index is 0.280. The first-order valence-electron chi connectivity index (χ1n) is 5.07. The van der Waals surface area contributed by atoms with Crippen LogP contribution in [0.25, 0.3) is 0 Å². The SMILES string of the molecule is CC(CN)CN(C)C(=O)CC1CC1. The van der Waals surface area contributed by atoms with E-state index in [-0.39, 0.29) is 5.91 Å². The summed E-state index contributed by atoms with van der Waals surface area (Å²) in [5, 5.41) is 0. The smallest absolute Gasteiger partial charge is 0.222 e. The van der Waals surface area contributed by atoms with Crippen molar-refractivity contribution in [2.24, 2.45) is 17.6 Å². The zero-order valence-electron chi connectivity index (χ0n) is 8.62. The molecule has 3 nitrogen and oxygen atoms in total. The average Bonchev–Trinajstić information content (AvgIpc) is 2.87. The predicted octanol–water partition coefficient (Wildman–Crippen LogP) is 0.840. The zero-order valence-corrected chi connectivity index (χ0v) is 8.62. The van der Waals surface area contributed by atoms with Gasteiger partial charge in [-0.25, -0.2) is 0 Å². The fourth-order valence-corrected chi connectivity index (χ4v) is 1.37. The van der Waals surface area contributed by atoms with Crippen LogP contribution in [0.1, 0.15) is 26.2 Å². The van der Waals surface area contributed by atoms with Crippen LogP contribution in [0.4, 0.5) is 0 Å². The lowest BCUT2D eigenvalue weighted by Crippen LogP contribution is -2.33. The van der Waals surface area contributed by atoms with Gasteiger partial charge in [-0.15, -0.1) is 0 Å². The van der Waals surface area contributed by atoms with E-state index in [2.05, 4.69) is 6.92 Å². The molecule has 1 rings (SSSR count). The second kappa shape index (κ2) is 4.61. The van der Waals surface area contributed by atoms with E-state index in [1.54, 1.807) is 0 Å². The van der Waals surface area contributed by atoms with Gasteiger partial charge in [-0.3, -0.25) is 4.79 Å². The van der Waals surface area contributed by atoms with E-state index < -0.39 is 0 Å². The van der Waals surface area contributed by atoms with Crippen LogP contribution < -0.4 is 5.73 Å². The Morgan fingerprint density at radius 2 is 2.23 bits per heavy atom. The van der Waals surface area contributed by atoms with Crippen LogP contribution in [-0.4, -0.2) is 30.9 Å². The highest BCUT2D eigenvalue weighted by molar-refractivity contribution is 5.76. The standard InChI is InChI=1S/C10H20N2O/c1-8(6-11)7-12(2)10(13)5-9-3-4-9/h8-9H,3-7,11H2,1-2H3. The zero-order chi connectivity index (χ0) is 9.84. The minimum Gasteiger partial charge on any atom is -0.345 e. The van der Waals surface area contributed by atoms with E-state index in [0.717, 1.165) is 13.0 Å². The second-order valence-corrected chi connectivity index (χ2v) is 4.26. The highest BCUT2D eigenvalue weighted by Gasteiger charge is 2.25. The van der Waals surface area contributed by atoms with E-state index in [0.29, 0.717) is 18.4 Å². The molecule has 1 fully saturated rings. The molecular formula is C10H20N2O. The summed E-state index contributed by atoms with van der Waals surface area (Å²) < 4.78 is 0. The van der Waals surface area contributed by atoms with Crippen LogP contribution in [0, 0.1) is 11.8 Å². The monoisotopic (exact) mass is 184 g/mol. The van der Waals surface area contributed by atoms with Crippen molar-refractivity contribution in [2.45, 2.75) is 26.2 Å². The molecule has 0 heterocycles. The van der Waals surface area contributed by atoms with E-state index in [9.17, 15) is 4.79 Å². The van der Waals surface area contributed by atoms with Crippen molar-refractivity contribution in [1.29, 1.82) is 0 Å². The summed E-state index contributed by atoms with van der Waals surface area (Å²) in [6.45, 7) is 3.52. The van der Waals surface area contributed by atoms with E-state index in [1.165, 1.54) is 12.8 Å². The molecule has 0 aromatic heterocycles. The van der Waals surface area contributed by atoms with Crippen molar-refractivity contribution in [3.05, 3.63) is 0 Å². The molecule has 76 valence electrons. The van der Waals surface area contributed by atoms with Gasteiger partial charge in [-0.2, -0.15) is 0 Å². The van der Waals surface area contributed by atoms with Gasteiger partial charge in [0.15, 0.2) is 0 Å². The molecule has 0 spiro atoms. The molecule has 0 aromatic rings. The fraction of sp³-hybridized carbons (Fsp3) is 0.900. The van der Waals surface area contributed by atoms with Gasteiger partial charge in [0.1, 0.15) is 0 Å². The second-order valence-electron chi connectivity index (χ2n) is 4.26. The number of carbonyl (C=O) groups is 1. The third-order valence-corrected chi connectivity index (χ3v) is 2.57. The molecule has 0 saturated heterocycles. The van der Waals surface area contributed by atoms with Crippen molar-refractivity contribution < 1.29 is 4.79 Å². The number of amides is 1. The molecule has 0 radical (unpaired) electrons. The predicted molar refractivity (Wildman–Crippen MR) is 53.2 cm³/mol. The lowest BCUT2D eigenvalue weighted by atomic mass is 10.1. The first-order chi connectivity index (χ1) is 6.13. The molecule has 1 amide bonds. The van der Waals surface area contributed by atoms with Crippen molar-refractivity contribution >= 4 is 5.91 Å². The Kier molecular flexibility index (Phi) is 3.72. The summed E-state index contributed by atoms with van der Waals surface area (Å²) in [7, 11) is 1.87. The Labute approximate surface area is 80.3 Å². The number of carbonyl (C=O) groups excluding carboxylic acids is 1. The molecule has 1 atom stereocenters. The van der Waals surface area contributed by atoms with E-state index in [4.69, 9.17) is 5.73 Å². The summed E-state index contributed by atoms with van der Waals surface area (Å²) in [4.78, 5) is 13.3. The number of nitrogens with zero attached hydrogens (tertiary/aromatic N) is 1. The third kappa shape index (κ3) is 3.77. The molecule has 1 unspecified atom stereocenters. The van der Waals surface area contributed by atoms with Gasteiger partial charge in [0.25, 0.3) is 0 Å². The van der Waals surface area contributed by atoms with Crippen molar-refractivity contribution in [3.63, 3.8) is 0 Å². The van der Waals surface area contributed by atoms with Crippen LogP contribution in [-0.2, 0) is 4.79 Å². The molecule has 1 saturated carbocycles. The first kappa shape index (κ1) is 10.5. The lowest BCUT2D eigenvalue weighted by molar-refractivity contribution is -0.130. The summed E-state index contributed by atoms with van der Waals surface area (Å²) in [6, 6.07) is 0. The highest BCUT2D eigenvalue weighted by atomic mass is 16.2. The quantitative estimate of drug-likeness (QED) is 0.688. The number of hydrogen-bond donors (Lipinski definition) is 1. The van der Waals surface area contributed by atoms with Crippen LogP contribution in [0.2, 0.25) is 0 Å². The highest BCUT2D eigenvalue weighted by Crippen LogP contribution is 2.32. The van der Waals surface area contributed by atoms with Crippen molar-refractivity contribution in [1.82, 2.24) is 4.90 Å². The topological polar surface area (TPSA) is 46.3 Å². The largest absolute Gasteiger partial charge is 0.345 e. The average molecular weight is 184 g/mol. The molecule has 1 aliphatic rings. The normalized spacial score (nSPS) is 18.4. The Morgan fingerprint density at radius 3 is 2.69 bits per heavy atom. The molecule has 0 aliphatic heterocycles. The summed E-state index contributed by atoms with van der Waals surface area (Å²) in [5.41, 5.74) is 5.50. The Hall–Kier alpha value is -0.570. The Bertz CT molecular complexity index is 178. The molecule has 13 heavy (non-hydrogen) atoms. The van der Waals surface area contributed by atoms with Crippen LogP contribution in [0.15, 0.2) is 0 Å². The Balaban J connectivity index is 2.19. The van der Waals surface area contributed by atoms with Gasteiger partial charge in [0.2, 0.25) is 5.91 Å². The van der Waals surface area contributed by atoms with Crippen molar-refractivity contribution in [2.75, 3.05) is 20.1 Å². The van der Waals surface area contributed by atoms with Crippen LogP contribution in [0.3, 0.4) is 0 Å². The first-order valence-corrected chi connectivity index (χ1v) is 5.07. The lowest BCUT2D eigenvalue weighted by Gasteiger charge is -2.20. The maximum atomic E-state index is 11.5. The molecule has 3 heteroatoms. The van der Waals surface area contributed by atoms with Crippen LogP contribution in [0.5, 0.6) is 0 Å². The molecule has 2 N–H and O–H groups in total. The number of rotatable bonds is 5.